The fourth-order valence-electron chi connectivity index (χ4n) is 2.28. The Labute approximate surface area is 169 Å². The van der Waals surface area contributed by atoms with Gasteiger partial charge in [0.1, 0.15) is 6.04 Å². The standard InChI is InChI=1S/C21H25NO3S2/c1-21(2,27-14-17-11-7-4-8-12-17)20(25)22-18(19(23)24)15-26-13-16-9-5-3-6-10-16/h3-12,18H,13-15H2,1-2H3,(H,22,25)(H,23,24)/t18-/m0/s1. The van der Waals surface area contributed by atoms with E-state index in [1.165, 1.54) is 23.5 Å². The minimum Gasteiger partial charge on any atom is -0.480 e. The fraction of sp³-hybridized carbons (Fsp3) is 0.333. The van der Waals surface area contributed by atoms with Gasteiger partial charge in [0, 0.05) is 17.3 Å². The Kier molecular flexibility index (Phi) is 8.25. The summed E-state index contributed by atoms with van der Waals surface area (Å²) in [5.74, 6) is 0.480. The van der Waals surface area contributed by atoms with Crippen LogP contribution >= 0.6 is 23.5 Å². The second-order valence-corrected chi connectivity index (χ2v) is 9.28. The monoisotopic (exact) mass is 403 g/mol. The van der Waals surface area contributed by atoms with Crippen LogP contribution in [0.3, 0.4) is 0 Å². The lowest BCUT2D eigenvalue weighted by molar-refractivity contribution is -0.141. The molecule has 0 unspecified atom stereocenters. The predicted octanol–water partition coefficient (Wildman–Crippen LogP) is 4.20. The van der Waals surface area contributed by atoms with Gasteiger partial charge in [-0.2, -0.15) is 11.8 Å². The van der Waals surface area contributed by atoms with E-state index in [1.807, 2.05) is 74.5 Å². The first kappa shape index (κ1) is 21.4. The van der Waals surface area contributed by atoms with Crippen LogP contribution in [0.1, 0.15) is 25.0 Å². The lowest BCUT2D eigenvalue weighted by atomic mass is 10.2. The van der Waals surface area contributed by atoms with Crippen molar-refractivity contribution < 1.29 is 14.7 Å². The Balaban J connectivity index is 1.85. The third kappa shape index (κ3) is 7.31. The van der Waals surface area contributed by atoms with Gasteiger partial charge in [0.25, 0.3) is 0 Å². The van der Waals surface area contributed by atoms with Gasteiger partial charge in [-0.15, -0.1) is 11.8 Å². The van der Waals surface area contributed by atoms with Crippen LogP contribution in [0.4, 0.5) is 0 Å². The molecule has 6 heteroatoms. The molecule has 0 radical (unpaired) electrons. The first-order valence-electron chi connectivity index (χ1n) is 8.72. The summed E-state index contributed by atoms with van der Waals surface area (Å²) in [6.07, 6.45) is 0. The lowest BCUT2D eigenvalue weighted by Crippen LogP contribution is -2.49. The normalized spacial score (nSPS) is 12.4. The van der Waals surface area contributed by atoms with Crippen molar-refractivity contribution in [1.82, 2.24) is 5.32 Å². The van der Waals surface area contributed by atoms with Gasteiger partial charge < -0.3 is 10.4 Å². The van der Waals surface area contributed by atoms with Crippen molar-refractivity contribution in [2.24, 2.45) is 0 Å². The molecule has 4 nitrogen and oxygen atoms in total. The van der Waals surface area contributed by atoms with E-state index < -0.39 is 16.8 Å². The highest BCUT2D eigenvalue weighted by Crippen LogP contribution is 2.28. The van der Waals surface area contributed by atoms with E-state index in [0.717, 1.165) is 11.1 Å². The summed E-state index contributed by atoms with van der Waals surface area (Å²) in [6, 6.07) is 18.9. The summed E-state index contributed by atoms with van der Waals surface area (Å²) >= 11 is 3.01. The molecule has 2 N–H and O–H groups in total. The minimum absolute atomic E-state index is 0.254. The van der Waals surface area contributed by atoms with Gasteiger partial charge in [0.2, 0.25) is 5.91 Å². The van der Waals surface area contributed by atoms with E-state index in [-0.39, 0.29) is 5.91 Å². The van der Waals surface area contributed by atoms with Crippen LogP contribution in [0.2, 0.25) is 0 Å². The molecule has 0 fully saturated rings. The van der Waals surface area contributed by atoms with Crippen molar-refractivity contribution >= 4 is 35.4 Å². The summed E-state index contributed by atoms with van der Waals surface area (Å²) in [5, 5.41) is 12.2. The topological polar surface area (TPSA) is 66.4 Å². The molecule has 0 aliphatic carbocycles. The average Bonchev–Trinajstić information content (AvgIpc) is 2.67. The zero-order chi connectivity index (χ0) is 19.7. The Hall–Kier alpha value is -1.92. The highest BCUT2D eigenvalue weighted by Gasteiger charge is 2.31. The Morgan fingerprint density at radius 2 is 1.48 bits per heavy atom. The summed E-state index contributed by atoms with van der Waals surface area (Å²) in [6.45, 7) is 3.65. The molecule has 1 amide bonds. The summed E-state index contributed by atoms with van der Waals surface area (Å²) in [7, 11) is 0. The number of aliphatic carboxylic acids is 1. The van der Waals surface area contributed by atoms with Gasteiger partial charge in [-0.1, -0.05) is 60.7 Å². The molecular formula is C21H25NO3S2. The molecule has 0 saturated carbocycles. The molecule has 0 saturated heterocycles. The fourth-order valence-corrected chi connectivity index (χ4v) is 4.20. The lowest BCUT2D eigenvalue weighted by Gasteiger charge is -2.25. The molecule has 27 heavy (non-hydrogen) atoms. The van der Waals surface area contributed by atoms with E-state index in [9.17, 15) is 14.7 Å². The molecule has 0 aliphatic heterocycles. The summed E-state index contributed by atoms with van der Waals surface area (Å²) in [5.41, 5.74) is 2.27. The molecule has 0 bridgehead atoms. The van der Waals surface area contributed by atoms with Crippen LogP contribution in [-0.2, 0) is 21.1 Å². The van der Waals surface area contributed by atoms with Crippen molar-refractivity contribution in [3.63, 3.8) is 0 Å². The molecule has 1 atom stereocenters. The maximum atomic E-state index is 12.6. The maximum absolute atomic E-state index is 12.6. The molecule has 2 rings (SSSR count). The van der Waals surface area contributed by atoms with Crippen molar-refractivity contribution in [3.8, 4) is 0 Å². The number of hydrogen-bond donors (Lipinski definition) is 2. The van der Waals surface area contributed by atoms with Crippen LogP contribution in [0, 0.1) is 0 Å². The number of nitrogens with one attached hydrogen (secondary N) is 1. The van der Waals surface area contributed by atoms with Crippen LogP contribution in [0.5, 0.6) is 0 Å². The van der Waals surface area contributed by atoms with E-state index in [2.05, 4.69) is 5.32 Å². The number of thioether (sulfide) groups is 2. The van der Waals surface area contributed by atoms with Crippen molar-refractivity contribution in [2.75, 3.05) is 5.75 Å². The van der Waals surface area contributed by atoms with E-state index in [0.29, 0.717) is 17.3 Å². The minimum atomic E-state index is -1.01. The average molecular weight is 404 g/mol. The Bertz CT molecular complexity index is 736. The maximum Gasteiger partial charge on any atom is 0.327 e. The number of carbonyl (C=O) groups excluding carboxylic acids is 1. The molecule has 0 aromatic heterocycles. The van der Waals surface area contributed by atoms with E-state index in [4.69, 9.17) is 0 Å². The molecular weight excluding hydrogens is 378 g/mol. The third-order valence-corrected chi connectivity index (χ3v) is 6.48. The predicted molar refractivity (Wildman–Crippen MR) is 114 cm³/mol. The van der Waals surface area contributed by atoms with Gasteiger partial charge in [-0.05, 0) is 25.0 Å². The van der Waals surface area contributed by atoms with E-state index >= 15 is 0 Å². The molecule has 0 aliphatic rings. The second-order valence-electron chi connectivity index (χ2n) is 6.65. The molecule has 2 aromatic carbocycles. The number of carboxylic acids is 1. The number of rotatable bonds is 10. The number of benzene rings is 2. The van der Waals surface area contributed by atoms with Crippen LogP contribution < -0.4 is 5.32 Å². The zero-order valence-corrected chi connectivity index (χ0v) is 17.2. The van der Waals surface area contributed by atoms with Crippen LogP contribution in [-0.4, -0.2) is 33.5 Å². The van der Waals surface area contributed by atoms with Crippen molar-refractivity contribution in [1.29, 1.82) is 0 Å². The quantitative estimate of drug-likeness (QED) is 0.622. The molecule has 0 spiro atoms. The van der Waals surface area contributed by atoms with Gasteiger partial charge in [-0.25, -0.2) is 4.79 Å². The van der Waals surface area contributed by atoms with Gasteiger partial charge in [0.05, 0.1) is 4.75 Å². The summed E-state index contributed by atoms with van der Waals surface area (Å²) < 4.78 is -0.715. The van der Waals surface area contributed by atoms with Gasteiger partial charge in [0.15, 0.2) is 0 Å². The number of hydrogen-bond acceptors (Lipinski definition) is 4. The van der Waals surface area contributed by atoms with Crippen LogP contribution in [0.15, 0.2) is 60.7 Å². The third-order valence-electron chi connectivity index (χ3n) is 3.99. The highest BCUT2D eigenvalue weighted by atomic mass is 32.2. The van der Waals surface area contributed by atoms with E-state index in [1.54, 1.807) is 0 Å². The van der Waals surface area contributed by atoms with Gasteiger partial charge in [-0.3, -0.25) is 4.79 Å². The SMILES string of the molecule is CC(C)(SCc1ccccc1)C(=O)N[C@@H](CSCc1ccccc1)C(=O)O. The van der Waals surface area contributed by atoms with Crippen molar-refractivity contribution in [2.45, 2.75) is 36.1 Å². The molecule has 144 valence electrons. The molecule has 0 heterocycles. The van der Waals surface area contributed by atoms with Gasteiger partial charge >= 0.3 is 5.97 Å². The zero-order valence-electron chi connectivity index (χ0n) is 15.6. The smallest absolute Gasteiger partial charge is 0.327 e. The van der Waals surface area contributed by atoms with Crippen LogP contribution in [0.25, 0.3) is 0 Å². The second kappa shape index (κ2) is 10.4. The number of carbonyl (C=O) groups is 2. The number of carboxylic acid groups (broad SMARTS) is 1. The highest BCUT2D eigenvalue weighted by molar-refractivity contribution is 8.00. The first-order valence-corrected chi connectivity index (χ1v) is 10.9. The molecule has 2 aromatic rings. The first-order chi connectivity index (χ1) is 12.9. The largest absolute Gasteiger partial charge is 0.480 e. The number of amides is 1. The van der Waals surface area contributed by atoms with Crippen molar-refractivity contribution in [3.05, 3.63) is 71.8 Å². The Morgan fingerprint density at radius 3 is 2.00 bits per heavy atom. The Morgan fingerprint density at radius 1 is 0.963 bits per heavy atom. The summed E-state index contributed by atoms with van der Waals surface area (Å²) in [4.78, 5) is 24.2.